The number of ether oxygens (including phenoxy) is 2. The van der Waals surface area contributed by atoms with E-state index in [1.165, 1.54) is 18.7 Å². The van der Waals surface area contributed by atoms with E-state index in [4.69, 9.17) is 31.0 Å². The molecule has 0 bridgehead atoms. The Kier molecular flexibility index (Phi) is 8.70. The first kappa shape index (κ1) is 31.2. The largest absolute Gasteiger partial charge is 0.462 e. The fraction of sp³-hybridized carbons (Fsp3) is 0.471. The SMILES string of the molecule is C=C(C#N)[C@H]1CN(c2nc(OC[C@@H]3CCCN3C)nc3c2COC(c2cccc4cccc(Cl)c24)C3)CCN1C(=O)C(C)(C)F. The molecule has 3 atom stereocenters. The summed E-state index contributed by atoms with van der Waals surface area (Å²) in [6.45, 7) is 8.93. The first-order chi connectivity index (χ1) is 21.5. The molecule has 2 saturated heterocycles. The lowest BCUT2D eigenvalue weighted by Gasteiger charge is -2.43. The third-order valence-corrected chi connectivity index (χ3v) is 9.48. The van der Waals surface area contributed by atoms with E-state index < -0.39 is 17.6 Å². The van der Waals surface area contributed by atoms with Crippen molar-refractivity contribution in [1.82, 2.24) is 19.8 Å². The quantitative estimate of drug-likeness (QED) is 0.319. The van der Waals surface area contributed by atoms with Gasteiger partial charge in [0.05, 0.1) is 30.5 Å². The Morgan fingerprint density at radius 1 is 1.22 bits per heavy atom. The normalized spacial score (nSPS) is 22.3. The Balaban J connectivity index is 1.35. The summed E-state index contributed by atoms with van der Waals surface area (Å²) in [5.41, 5.74) is 0.742. The molecule has 3 aliphatic rings. The van der Waals surface area contributed by atoms with E-state index in [1.54, 1.807) is 0 Å². The van der Waals surface area contributed by atoms with Gasteiger partial charge >= 0.3 is 6.01 Å². The molecule has 2 fully saturated rings. The van der Waals surface area contributed by atoms with E-state index in [1.807, 2.05) is 41.3 Å². The van der Waals surface area contributed by atoms with E-state index >= 15 is 0 Å². The summed E-state index contributed by atoms with van der Waals surface area (Å²) in [4.78, 5) is 28.5. The zero-order chi connectivity index (χ0) is 31.9. The van der Waals surface area contributed by atoms with Crippen LogP contribution in [0.5, 0.6) is 6.01 Å². The van der Waals surface area contributed by atoms with E-state index in [0.29, 0.717) is 30.4 Å². The molecule has 4 heterocycles. The van der Waals surface area contributed by atoms with Crippen molar-refractivity contribution in [2.24, 2.45) is 0 Å². The van der Waals surface area contributed by atoms with Crippen LogP contribution in [0.25, 0.3) is 10.8 Å². The maximum atomic E-state index is 14.8. The van der Waals surface area contributed by atoms with Gasteiger partial charge in [0.2, 0.25) is 0 Å². The first-order valence-electron chi connectivity index (χ1n) is 15.4. The number of alkyl halides is 1. The lowest BCUT2D eigenvalue weighted by Crippen LogP contribution is -2.59. The molecule has 3 aromatic rings. The number of halogens is 2. The smallest absolute Gasteiger partial charge is 0.318 e. The molecular formula is C34H38ClFN6O3. The number of amides is 1. The standard InChI is InChI=1S/C34H38ClFN6O3/c1-21(17-37)28-18-41(14-15-42(28)32(43)34(2,3)36)31-25-20-44-29(24-11-5-8-22-9-6-12-26(35)30(22)24)16-27(25)38-33(39-31)45-19-23-10-7-13-40(23)4/h5-6,8-9,11-12,23,28-29H,1,7,10,13-16,18-20H2,2-4H3/t23-,28+,29?/m0/s1. The van der Waals surface area contributed by atoms with E-state index in [9.17, 15) is 14.4 Å². The number of carbonyl (C=O) groups is 1. The zero-order valence-electron chi connectivity index (χ0n) is 25.9. The summed E-state index contributed by atoms with van der Waals surface area (Å²) >= 11 is 6.67. The van der Waals surface area contributed by atoms with E-state index in [0.717, 1.165) is 47.0 Å². The molecule has 0 aliphatic carbocycles. The minimum Gasteiger partial charge on any atom is -0.462 e. The van der Waals surface area contributed by atoms with Crippen molar-refractivity contribution >= 4 is 34.1 Å². The van der Waals surface area contributed by atoms with Gasteiger partial charge in [-0.1, -0.05) is 48.5 Å². The second-order valence-corrected chi connectivity index (χ2v) is 13.0. The van der Waals surface area contributed by atoms with Crippen LogP contribution in [0.4, 0.5) is 10.2 Å². The Hall–Kier alpha value is -3.78. The Morgan fingerprint density at radius 3 is 2.71 bits per heavy atom. The number of benzene rings is 2. The summed E-state index contributed by atoms with van der Waals surface area (Å²) in [6, 6.07) is 13.9. The molecular weight excluding hydrogens is 595 g/mol. The van der Waals surface area contributed by atoms with Gasteiger partial charge in [-0.25, -0.2) is 4.39 Å². The average molecular weight is 633 g/mol. The van der Waals surface area contributed by atoms with Gasteiger partial charge in [0.15, 0.2) is 5.67 Å². The lowest BCUT2D eigenvalue weighted by molar-refractivity contribution is -0.143. The molecule has 0 N–H and O–H groups in total. The summed E-state index contributed by atoms with van der Waals surface area (Å²) in [5.74, 6) is -0.0376. The molecule has 45 heavy (non-hydrogen) atoms. The highest BCUT2D eigenvalue weighted by atomic mass is 35.5. The predicted molar refractivity (Wildman–Crippen MR) is 171 cm³/mol. The maximum absolute atomic E-state index is 14.8. The molecule has 1 unspecified atom stereocenters. The van der Waals surface area contributed by atoms with Gasteiger partial charge in [0.1, 0.15) is 12.4 Å². The van der Waals surface area contributed by atoms with Crippen LogP contribution in [-0.2, 0) is 22.6 Å². The van der Waals surface area contributed by atoms with Crippen molar-refractivity contribution in [2.75, 3.05) is 44.7 Å². The maximum Gasteiger partial charge on any atom is 0.318 e. The molecule has 236 valence electrons. The summed E-state index contributed by atoms with van der Waals surface area (Å²) < 4.78 is 27.5. The minimum atomic E-state index is -2.08. The van der Waals surface area contributed by atoms with Gasteiger partial charge in [-0.2, -0.15) is 15.2 Å². The number of likely N-dealkylation sites (N-methyl/N-ethyl adjacent to an activating group) is 1. The van der Waals surface area contributed by atoms with Crippen molar-refractivity contribution in [3.05, 3.63) is 70.4 Å². The van der Waals surface area contributed by atoms with Gasteiger partial charge in [0.25, 0.3) is 5.91 Å². The Bertz CT molecular complexity index is 1660. The van der Waals surface area contributed by atoms with Crippen LogP contribution >= 0.6 is 11.6 Å². The second kappa shape index (κ2) is 12.5. The number of nitriles is 1. The molecule has 1 aromatic heterocycles. The average Bonchev–Trinajstić information content (AvgIpc) is 3.45. The van der Waals surface area contributed by atoms with Crippen LogP contribution in [0.15, 0.2) is 48.6 Å². The minimum absolute atomic E-state index is 0.185. The highest BCUT2D eigenvalue weighted by molar-refractivity contribution is 6.35. The molecule has 9 nitrogen and oxygen atoms in total. The second-order valence-electron chi connectivity index (χ2n) is 12.6. The topological polar surface area (TPSA) is 94.8 Å². The molecule has 3 aliphatic heterocycles. The number of rotatable bonds is 7. The van der Waals surface area contributed by atoms with Gasteiger partial charge in [-0.15, -0.1) is 0 Å². The molecule has 0 radical (unpaired) electrons. The first-order valence-corrected chi connectivity index (χ1v) is 15.8. The van der Waals surface area contributed by atoms with Crippen molar-refractivity contribution < 1.29 is 18.7 Å². The zero-order valence-corrected chi connectivity index (χ0v) is 26.7. The number of anilines is 1. The number of fused-ring (bicyclic) bond motifs is 2. The third kappa shape index (κ3) is 6.22. The summed E-state index contributed by atoms with van der Waals surface area (Å²) in [6.07, 6.45) is 2.36. The van der Waals surface area contributed by atoms with Gasteiger partial charge in [-0.05, 0) is 57.3 Å². The number of hydrogen-bond donors (Lipinski definition) is 0. The number of hydrogen-bond acceptors (Lipinski definition) is 8. The molecule has 0 saturated carbocycles. The van der Waals surface area contributed by atoms with E-state index in [-0.39, 0.29) is 43.4 Å². The number of aromatic nitrogens is 2. The fourth-order valence-corrected chi connectivity index (χ4v) is 6.93. The van der Waals surface area contributed by atoms with Crippen LogP contribution in [0.3, 0.4) is 0 Å². The van der Waals surface area contributed by atoms with Crippen LogP contribution in [0.2, 0.25) is 5.02 Å². The lowest BCUT2D eigenvalue weighted by atomic mass is 9.94. The highest BCUT2D eigenvalue weighted by Gasteiger charge is 2.41. The molecule has 11 heteroatoms. The van der Waals surface area contributed by atoms with Crippen LogP contribution in [0.1, 0.15) is 49.6 Å². The van der Waals surface area contributed by atoms with Crippen LogP contribution < -0.4 is 9.64 Å². The van der Waals surface area contributed by atoms with Gasteiger partial charge in [-0.3, -0.25) is 4.79 Å². The predicted octanol–water partition coefficient (Wildman–Crippen LogP) is 5.42. The summed E-state index contributed by atoms with van der Waals surface area (Å²) in [7, 11) is 2.10. The van der Waals surface area contributed by atoms with Gasteiger partial charge in [0, 0.05) is 53.6 Å². The van der Waals surface area contributed by atoms with Crippen LogP contribution in [0, 0.1) is 11.3 Å². The Morgan fingerprint density at radius 2 is 2.00 bits per heavy atom. The Labute approximate surface area is 268 Å². The van der Waals surface area contributed by atoms with Crippen molar-refractivity contribution in [3.63, 3.8) is 0 Å². The number of likely N-dealkylation sites (tertiary alicyclic amines) is 1. The van der Waals surface area contributed by atoms with E-state index in [2.05, 4.69) is 24.6 Å². The van der Waals surface area contributed by atoms with Crippen molar-refractivity contribution in [2.45, 2.75) is 63.6 Å². The fourth-order valence-electron chi connectivity index (χ4n) is 6.64. The molecule has 2 aromatic carbocycles. The van der Waals surface area contributed by atoms with Crippen LogP contribution in [-0.4, -0.2) is 83.3 Å². The van der Waals surface area contributed by atoms with Gasteiger partial charge < -0.3 is 24.2 Å². The third-order valence-electron chi connectivity index (χ3n) is 9.16. The summed E-state index contributed by atoms with van der Waals surface area (Å²) in [5, 5.41) is 12.4. The molecule has 1 amide bonds. The number of nitrogens with zero attached hydrogens (tertiary/aromatic N) is 6. The highest BCUT2D eigenvalue weighted by Crippen LogP contribution is 2.40. The monoisotopic (exact) mass is 632 g/mol. The molecule has 6 rings (SSSR count). The van der Waals surface area contributed by atoms with Crippen molar-refractivity contribution in [3.8, 4) is 12.1 Å². The molecule has 0 spiro atoms. The van der Waals surface area contributed by atoms with Crippen molar-refractivity contribution in [1.29, 1.82) is 5.26 Å². The number of piperazine rings is 1. The number of carbonyl (C=O) groups excluding carboxylic acids is 1.